The van der Waals surface area contributed by atoms with E-state index in [9.17, 15) is 9.59 Å². The van der Waals surface area contributed by atoms with E-state index in [1.165, 1.54) is 6.92 Å². The Morgan fingerprint density at radius 2 is 1.77 bits per heavy atom. The molecule has 2 rings (SSSR count). The van der Waals surface area contributed by atoms with Crippen LogP contribution in [0.15, 0.2) is 42.7 Å². The summed E-state index contributed by atoms with van der Waals surface area (Å²) in [5.74, 6) is 0.176. The number of pyridine rings is 1. The number of amides is 1. The second-order valence-electron chi connectivity index (χ2n) is 5.12. The number of rotatable bonds is 5. The molecule has 0 aliphatic rings. The minimum absolute atomic E-state index is 0.0419. The van der Waals surface area contributed by atoms with Crippen molar-refractivity contribution in [1.29, 1.82) is 0 Å². The molecule has 114 valence electrons. The van der Waals surface area contributed by atoms with E-state index in [0.29, 0.717) is 22.6 Å². The van der Waals surface area contributed by atoms with E-state index in [1.54, 1.807) is 42.7 Å². The molecule has 1 heterocycles. The first-order chi connectivity index (χ1) is 10.5. The topological polar surface area (TPSA) is 68.3 Å². The fourth-order valence-electron chi connectivity index (χ4n) is 1.90. The molecular weight excluding hydrogens is 280 g/mol. The van der Waals surface area contributed by atoms with E-state index < -0.39 is 0 Å². The molecule has 0 aliphatic heterocycles. The maximum Gasteiger partial charge on any atom is 0.255 e. The van der Waals surface area contributed by atoms with Gasteiger partial charge in [0.15, 0.2) is 5.78 Å². The van der Waals surface area contributed by atoms with Gasteiger partial charge >= 0.3 is 0 Å². The summed E-state index contributed by atoms with van der Waals surface area (Å²) in [6, 6.07) is 8.24. The molecule has 5 nitrogen and oxygen atoms in total. The summed E-state index contributed by atoms with van der Waals surface area (Å²) in [5.41, 5.74) is 1.48. The van der Waals surface area contributed by atoms with Gasteiger partial charge in [0.1, 0.15) is 5.75 Å². The van der Waals surface area contributed by atoms with E-state index in [-0.39, 0.29) is 17.8 Å². The third kappa shape index (κ3) is 3.91. The summed E-state index contributed by atoms with van der Waals surface area (Å²) >= 11 is 0. The predicted molar refractivity (Wildman–Crippen MR) is 84.4 cm³/mol. The zero-order valence-electron chi connectivity index (χ0n) is 12.8. The number of hydrogen-bond donors (Lipinski definition) is 1. The van der Waals surface area contributed by atoms with Crippen LogP contribution in [0.4, 0.5) is 5.69 Å². The van der Waals surface area contributed by atoms with Gasteiger partial charge in [-0.15, -0.1) is 0 Å². The number of anilines is 1. The summed E-state index contributed by atoms with van der Waals surface area (Å²) < 4.78 is 5.68. The van der Waals surface area contributed by atoms with Crippen LogP contribution in [-0.2, 0) is 0 Å². The molecule has 5 heteroatoms. The third-order valence-corrected chi connectivity index (χ3v) is 2.94. The van der Waals surface area contributed by atoms with Gasteiger partial charge in [-0.25, -0.2) is 0 Å². The highest BCUT2D eigenvalue weighted by molar-refractivity contribution is 6.06. The van der Waals surface area contributed by atoms with Crippen LogP contribution in [-0.4, -0.2) is 22.8 Å². The van der Waals surface area contributed by atoms with Crippen LogP contribution in [0.5, 0.6) is 5.75 Å². The van der Waals surface area contributed by atoms with Crippen LogP contribution in [0, 0.1) is 0 Å². The Balaban J connectivity index is 2.32. The summed E-state index contributed by atoms with van der Waals surface area (Å²) in [5, 5.41) is 2.78. The van der Waals surface area contributed by atoms with Crippen molar-refractivity contribution in [3.63, 3.8) is 0 Å². The van der Waals surface area contributed by atoms with E-state index in [0.717, 1.165) is 0 Å². The van der Waals surface area contributed by atoms with Crippen LogP contribution in [0.1, 0.15) is 41.5 Å². The first-order valence-corrected chi connectivity index (χ1v) is 7.00. The zero-order valence-corrected chi connectivity index (χ0v) is 12.8. The van der Waals surface area contributed by atoms with Crippen LogP contribution >= 0.6 is 0 Å². The normalized spacial score (nSPS) is 10.4. The van der Waals surface area contributed by atoms with E-state index in [4.69, 9.17) is 4.74 Å². The fourth-order valence-corrected chi connectivity index (χ4v) is 1.90. The summed E-state index contributed by atoms with van der Waals surface area (Å²) in [7, 11) is 0. The molecule has 1 amide bonds. The zero-order chi connectivity index (χ0) is 16.1. The highest BCUT2D eigenvalue weighted by Gasteiger charge is 2.13. The lowest BCUT2D eigenvalue weighted by Gasteiger charge is -2.15. The van der Waals surface area contributed by atoms with Crippen molar-refractivity contribution in [2.75, 3.05) is 5.32 Å². The Bertz CT molecular complexity index is 682. The fraction of sp³-hybridized carbons (Fsp3) is 0.235. The van der Waals surface area contributed by atoms with Gasteiger partial charge in [0.2, 0.25) is 0 Å². The van der Waals surface area contributed by atoms with Gasteiger partial charge in [0.05, 0.1) is 11.8 Å². The average Bonchev–Trinajstić information content (AvgIpc) is 2.49. The first kappa shape index (κ1) is 15.7. The van der Waals surface area contributed by atoms with Gasteiger partial charge in [0, 0.05) is 23.5 Å². The second-order valence-corrected chi connectivity index (χ2v) is 5.12. The van der Waals surface area contributed by atoms with Gasteiger partial charge in [-0.2, -0.15) is 0 Å². The Morgan fingerprint density at radius 3 is 2.36 bits per heavy atom. The van der Waals surface area contributed by atoms with Crippen molar-refractivity contribution in [3.05, 3.63) is 53.9 Å². The molecule has 0 fully saturated rings. The standard InChI is InChI=1S/C17H18N2O3/c1-11(2)22-16-5-4-14(12(3)20)10-15(16)19-17(21)13-6-8-18-9-7-13/h4-11H,1-3H3,(H,19,21). The van der Waals surface area contributed by atoms with Crippen LogP contribution < -0.4 is 10.1 Å². The molecule has 0 aliphatic carbocycles. The highest BCUT2D eigenvalue weighted by atomic mass is 16.5. The molecule has 0 saturated carbocycles. The van der Waals surface area contributed by atoms with E-state index in [1.807, 2.05) is 13.8 Å². The summed E-state index contributed by atoms with van der Waals surface area (Å²) in [6.45, 7) is 5.27. The molecule has 1 aromatic carbocycles. The first-order valence-electron chi connectivity index (χ1n) is 7.00. The van der Waals surface area contributed by atoms with Gasteiger partial charge < -0.3 is 10.1 Å². The van der Waals surface area contributed by atoms with Crippen molar-refractivity contribution in [2.45, 2.75) is 26.9 Å². The Hall–Kier alpha value is -2.69. The Kier molecular flexibility index (Phi) is 4.88. The maximum atomic E-state index is 12.3. The van der Waals surface area contributed by atoms with E-state index in [2.05, 4.69) is 10.3 Å². The number of carbonyl (C=O) groups excluding carboxylic acids is 2. The maximum absolute atomic E-state index is 12.3. The number of nitrogens with zero attached hydrogens (tertiary/aromatic N) is 1. The molecule has 0 radical (unpaired) electrons. The quantitative estimate of drug-likeness (QED) is 0.860. The van der Waals surface area contributed by atoms with Gasteiger partial charge in [-0.05, 0) is 51.1 Å². The SMILES string of the molecule is CC(=O)c1ccc(OC(C)C)c(NC(=O)c2ccncc2)c1. The number of ether oxygens (including phenoxy) is 1. The van der Waals surface area contributed by atoms with Crippen molar-refractivity contribution in [1.82, 2.24) is 4.98 Å². The van der Waals surface area contributed by atoms with Crippen LogP contribution in [0.2, 0.25) is 0 Å². The summed E-state index contributed by atoms with van der Waals surface area (Å²) in [6.07, 6.45) is 3.05. The van der Waals surface area contributed by atoms with Gasteiger partial charge in [-0.1, -0.05) is 0 Å². The molecule has 0 saturated heterocycles. The molecule has 1 aromatic heterocycles. The van der Waals surface area contributed by atoms with Crippen molar-refractivity contribution >= 4 is 17.4 Å². The lowest BCUT2D eigenvalue weighted by Crippen LogP contribution is -2.15. The Morgan fingerprint density at radius 1 is 1.09 bits per heavy atom. The van der Waals surface area contributed by atoms with Gasteiger partial charge in [-0.3, -0.25) is 14.6 Å². The van der Waals surface area contributed by atoms with Crippen molar-refractivity contribution in [3.8, 4) is 5.75 Å². The second kappa shape index (κ2) is 6.85. The highest BCUT2D eigenvalue weighted by Crippen LogP contribution is 2.27. The molecular formula is C17H18N2O3. The summed E-state index contributed by atoms with van der Waals surface area (Å²) in [4.78, 5) is 27.7. The molecule has 0 spiro atoms. The van der Waals surface area contributed by atoms with Crippen LogP contribution in [0.25, 0.3) is 0 Å². The van der Waals surface area contributed by atoms with E-state index >= 15 is 0 Å². The molecule has 0 atom stereocenters. The molecule has 22 heavy (non-hydrogen) atoms. The van der Waals surface area contributed by atoms with Gasteiger partial charge in [0.25, 0.3) is 5.91 Å². The molecule has 0 unspecified atom stereocenters. The number of carbonyl (C=O) groups is 2. The number of hydrogen-bond acceptors (Lipinski definition) is 4. The monoisotopic (exact) mass is 298 g/mol. The number of benzene rings is 1. The minimum atomic E-state index is -0.281. The van der Waals surface area contributed by atoms with Crippen molar-refractivity contribution < 1.29 is 14.3 Å². The molecule has 2 aromatic rings. The average molecular weight is 298 g/mol. The Labute approximate surface area is 129 Å². The number of ketones is 1. The number of nitrogens with one attached hydrogen (secondary N) is 1. The largest absolute Gasteiger partial charge is 0.489 e. The number of Topliss-reactive ketones (excluding diaryl/α,β-unsaturated/α-hetero) is 1. The molecule has 0 bridgehead atoms. The van der Waals surface area contributed by atoms with Crippen molar-refractivity contribution in [2.24, 2.45) is 0 Å². The predicted octanol–water partition coefficient (Wildman–Crippen LogP) is 3.32. The smallest absolute Gasteiger partial charge is 0.255 e. The lowest BCUT2D eigenvalue weighted by atomic mass is 10.1. The minimum Gasteiger partial charge on any atom is -0.489 e. The molecule has 1 N–H and O–H groups in total. The lowest BCUT2D eigenvalue weighted by molar-refractivity contribution is 0.101. The van der Waals surface area contributed by atoms with Crippen LogP contribution in [0.3, 0.4) is 0 Å². The number of aromatic nitrogens is 1. The third-order valence-electron chi connectivity index (χ3n) is 2.94.